The van der Waals surface area contributed by atoms with E-state index in [0.717, 1.165) is 25.0 Å². The van der Waals surface area contributed by atoms with E-state index in [2.05, 4.69) is 16.6 Å². The first-order valence-electron chi connectivity index (χ1n) is 12.6. The Morgan fingerprint density at radius 3 is 2.23 bits per heavy atom. The minimum atomic E-state index is -3.43. The van der Waals surface area contributed by atoms with Crippen LogP contribution in [0.2, 0.25) is 0 Å². The highest BCUT2D eigenvalue weighted by Crippen LogP contribution is 2.23. The molecule has 0 aliphatic carbocycles. The highest BCUT2D eigenvalue weighted by Gasteiger charge is 2.11. The van der Waals surface area contributed by atoms with Gasteiger partial charge >= 0.3 is 0 Å². The van der Waals surface area contributed by atoms with E-state index in [0.29, 0.717) is 34.5 Å². The van der Waals surface area contributed by atoms with Gasteiger partial charge in [0.15, 0.2) is 11.6 Å². The lowest BCUT2D eigenvalue weighted by molar-refractivity contribution is 0.302. The minimum absolute atomic E-state index is 0.0940. The Morgan fingerprint density at radius 2 is 1.51 bits per heavy atom. The maximum Gasteiger partial charge on any atom is 0.232 e. The third-order valence-electron chi connectivity index (χ3n) is 5.99. The number of unbranched alkanes of at least 4 members (excludes halogenated alkanes) is 9. The Bertz CT molecular complexity index is 1140. The average molecular weight is 507 g/mol. The van der Waals surface area contributed by atoms with Gasteiger partial charge in [0.1, 0.15) is 12.4 Å². The molecule has 0 fully saturated rings. The second-order valence-corrected chi connectivity index (χ2v) is 10.9. The average Bonchev–Trinajstić information content (AvgIpc) is 3.20. The molecule has 192 valence electrons. The summed E-state index contributed by atoms with van der Waals surface area (Å²) in [4.78, 5) is 3.00. The van der Waals surface area contributed by atoms with E-state index in [1.807, 2.05) is 0 Å². The van der Waals surface area contributed by atoms with Crippen molar-refractivity contribution in [2.75, 3.05) is 10.5 Å². The topological polar surface area (TPSA) is 71.2 Å². The first-order valence-corrected chi connectivity index (χ1v) is 14.2. The Balaban J connectivity index is 1.40. The van der Waals surface area contributed by atoms with Crippen molar-refractivity contribution >= 4 is 26.6 Å². The molecular formula is C27H36F2N2O3S. The number of nitrogens with one attached hydrogen (secondary N) is 2. The zero-order chi connectivity index (χ0) is 25.1. The quantitative estimate of drug-likeness (QED) is 0.196. The molecule has 2 aromatic carbocycles. The summed E-state index contributed by atoms with van der Waals surface area (Å²) in [5, 5.41) is 0.552. The molecule has 0 aliphatic rings. The predicted octanol–water partition coefficient (Wildman–Crippen LogP) is 7.69. The number of halogens is 2. The van der Waals surface area contributed by atoms with Crippen molar-refractivity contribution in [3.8, 4) is 5.75 Å². The molecule has 0 atom stereocenters. The fourth-order valence-electron chi connectivity index (χ4n) is 4.08. The SMILES string of the molecule is CCCCCCCCCCCCS(=O)(=O)Nc1cccc(OCc2cc3cc(F)c(F)cc3[nH]2)c1. The molecular weight excluding hydrogens is 470 g/mol. The highest BCUT2D eigenvalue weighted by molar-refractivity contribution is 7.92. The maximum absolute atomic E-state index is 13.4. The third-order valence-corrected chi connectivity index (χ3v) is 7.36. The fraction of sp³-hybridized carbons (Fsp3) is 0.481. The van der Waals surface area contributed by atoms with Crippen LogP contribution in [0, 0.1) is 11.6 Å². The van der Waals surface area contributed by atoms with E-state index in [4.69, 9.17) is 4.74 Å². The Hall–Kier alpha value is -2.61. The number of fused-ring (bicyclic) bond motifs is 1. The zero-order valence-electron chi connectivity index (χ0n) is 20.4. The molecule has 0 unspecified atom stereocenters. The van der Waals surface area contributed by atoms with Crippen LogP contribution in [0.4, 0.5) is 14.5 Å². The highest BCUT2D eigenvalue weighted by atomic mass is 32.2. The van der Waals surface area contributed by atoms with Gasteiger partial charge in [-0.2, -0.15) is 0 Å². The minimum Gasteiger partial charge on any atom is -0.487 e. The number of aromatic amines is 1. The molecule has 3 rings (SSSR count). The Morgan fingerprint density at radius 1 is 0.857 bits per heavy atom. The summed E-state index contributed by atoms with van der Waals surface area (Å²) in [6, 6.07) is 10.7. The summed E-state index contributed by atoms with van der Waals surface area (Å²) >= 11 is 0. The lowest BCUT2D eigenvalue weighted by atomic mass is 10.1. The molecule has 0 aliphatic heterocycles. The molecule has 5 nitrogen and oxygen atoms in total. The second-order valence-electron chi connectivity index (χ2n) is 9.07. The van der Waals surface area contributed by atoms with Gasteiger partial charge in [-0.15, -0.1) is 0 Å². The number of benzene rings is 2. The number of rotatable bonds is 16. The molecule has 8 heteroatoms. The second kappa shape index (κ2) is 13.5. The van der Waals surface area contributed by atoms with Crippen molar-refractivity contribution in [3.63, 3.8) is 0 Å². The van der Waals surface area contributed by atoms with Crippen LogP contribution in [0.1, 0.15) is 76.8 Å². The third kappa shape index (κ3) is 9.17. The van der Waals surface area contributed by atoms with Gasteiger partial charge in [-0.1, -0.05) is 70.8 Å². The lowest BCUT2D eigenvalue weighted by Crippen LogP contribution is -2.16. The Labute approximate surface area is 207 Å². The van der Waals surface area contributed by atoms with Crippen LogP contribution in [0.3, 0.4) is 0 Å². The van der Waals surface area contributed by atoms with E-state index >= 15 is 0 Å². The maximum atomic E-state index is 13.4. The predicted molar refractivity (Wildman–Crippen MR) is 138 cm³/mol. The summed E-state index contributed by atoms with van der Waals surface area (Å²) in [6.07, 6.45) is 11.5. The van der Waals surface area contributed by atoms with Crippen LogP contribution < -0.4 is 9.46 Å². The standard InChI is InChI=1S/C27H36F2N2O3S/c1-2-3-4-5-6-7-8-9-10-11-15-35(32,33)31-22-13-12-14-24(18-22)34-20-23-16-21-17-25(28)26(29)19-27(21)30-23/h12-14,16-19,30-31H,2-11,15,20H2,1H3. The number of hydrogen-bond acceptors (Lipinski definition) is 3. The van der Waals surface area contributed by atoms with Crippen LogP contribution in [0.15, 0.2) is 42.5 Å². The van der Waals surface area contributed by atoms with Crippen molar-refractivity contribution < 1.29 is 21.9 Å². The number of sulfonamides is 1. The largest absolute Gasteiger partial charge is 0.487 e. The van der Waals surface area contributed by atoms with Gasteiger partial charge < -0.3 is 9.72 Å². The number of anilines is 1. The molecule has 0 spiro atoms. The Kier molecular flexibility index (Phi) is 10.4. The fourth-order valence-corrected chi connectivity index (χ4v) is 5.26. The van der Waals surface area contributed by atoms with Crippen LogP contribution in [0.25, 0.3) is 10.9 Å². The van der Waals surface area contributed by atoms with E-state index in [-0.39, 0.29) is 12.4 Å². The molecule has 0 amide bonds. The van der Waals surface area contributed by atoms with Gasteiger partial charge in [-0.3, -0.25) is 4.72 Å². The number of aromatic nitrogens is 1. The monoisotopic (exact) mass is 506 g/mol. The summed E-state index contributed by atoms with van der Waals surface area (Å²) < 4.78 is 60.1. The molecule has 3 aromatic rings. The van der Waals surface area contributed by atoms with Crippen molar-refractivity contribution in [3.05, 3.63) is 59.8 Å². The summed E-state index contributed by atoms with van der Waals surface area (Å²) in [5.41, 5.74) is 1.57. The molecule has 0 radical (unpaired) electrons. The van der Waals surface area contributed by atoms with Gasteiger partial charge in [0.05, 0.1) is 17.1 Å². The van der Waals surface area contributed by atoms with E-state index < -0.39 is 21.7 Å². The van der Waals surface area contributed by atoms with Gasteiger partial charge in [0, 0.05) is 23.0 Å². The van der Waals surface area contributed by atoms with Gasteiger partial charge in [-0.25, -0.2) is 17.2 Å². The van der Waals surface area contributed by atoms with Crippen LogP contribution in [0.5, 0.6) is 5.75 Å². The first kappa shape index (κ1) is 27.0. The number of ether oxygens (including phenoxy) is 1. The van der Waals surface area contributed by atoms with Crippen molar-refractivity contribution in [1.82, 2.24) is 4.98 Å². The summed E-state index contributed by atoms with van der Waals surface area (Å²) in [7, 11) is -3.43. The van der Waals surface area contributed by atoms with E-state index in [9.17, 15) is 17.2 Å². The first-order chi connectivity index (χ1) is 16.9. The molecule has 0 saturated heterocycles. The van der Waals surface area contributed by atoms with E-state index in [1.165, 1.54) is 44.9 Å². The molecule has 0 saturated carbocycles. The zero-order valence-corrected chi connectivity index (χ0v) is 21.2. The number of hydrogen-bond donors (Lipinski definition) is 2. The van der Waals surface area contributed by atoms with Gasteiger partial charge in [0.25, 0.3) is 0 Å². The molecule has 1 heterocycles. The van der Waals surface area contributed by atoms with Crippen molar-refractivity contribution in [2.24, 2.45) is 0 Å². The number of H-pyrrole nitrogens is 1. The molecule has 1 aromatic heterocycles. The van der Waals surface area contributed by atoms with Crippen LogP contribution in [-0.2, 0) is 16.6 Å². The van der Waals surface area contributed by atoms with Crippen LogP contribution >= 0.6 is 0 Å². The van der Waals surface area contributed by atoms with Gasteiger partial charge in [0.2, 0.25) is 10.0 Å². The van der Waals surface area contributed by atoms with Crippen molar-refractivity contribution in [1.29, 1.82) is 0 Å². The molecule has 35 heavy (non-hydrogen) atoms. The summed E-state index contributed by atoms with van der Waals surface area (Å²) in [5.74, 6) is -1.23. The smallest absolute Gasteiger partial charge is 0.232 e. The molecule has 0 bridgehead atoms. The lowest BCUT2D eigenvalue weighted by Gasteiger charge is -2.10. The van der Waals surface area contributed by atoms with E-state index in [1.54, 1.807) is 30.3 Å². The molecule has 2 N–H and O–H groups in total. The van der Waals surface area contributed by atoms with Gasteiger partial charge in [-0.05, 0) is 30.7 Å². The van der Waals surface area contributed by atoms with Crippen LogP contribution in [-0.4, -0.2) is 19.2 Å². The normalized spacial score (nSPS) is 11.7. The van der Waals surface area contributed by atoms with Crippen molar-refractivity contribution in [2.45, 2.75) is 77.7 Å². The summed E-state index contributed by atoms with van der Waals surface area (Å²) in [6.45, 7) is 2.36.